The summed E-state index contributed by atoms with van der Waals surface area (Å²) in [5.41, 5.74) is 0.707. The van der Waals surface area contributed by atoms with Gasteiger partial charge in [-0.3, -0.25) is 0 Å². The summed E-state index contributed by atoms with van der Waals surface area (Å²) in [7, 11) is 0. The van der Waals surface area contributed by atoms with E-state index in [-0.39, 0.29) is 0 Å². The fourth-order valence-electron chi connectivity index (χ4n) is 2.70. The first kappa shape index (κ1) is 15.4. The SMILES string of the molecule is CC1CCCN(c2ccnc(Nc3cc(Cl)ccc3Cl)n2)C1. The molecule has 1 atom stereocenters. The molecule has 6 heteroatoms. The molecule has 2 aromatic rings. The summed E-state index contributed by atoms with van der Waals surface area (Å²) in [6.45, 7) is 4.35. The lowest BCUT2D eigenvalue weighted by atomic mass is 10.0. The lowest BCUT2D eigenvalue weighted by Crippen LogP contribution is -2.34. The van der Waals surface area contributed by atoms with E-state index in [9.17, 15) is 0 Å². The minimum absolute atomic E-state index is 0.528. The molecule has 1 aliphatic rings. The molecule has 1 saturated heterocycles. The van der Waals surface area contributed by atoms with E-state index < -0.39 is 0 Å². The summed E-state index contributed by atoms with van der Waals surface area (Å²) in [6, 6.07) is 7.22. The number of anilines is 3. The van der Waals surface area contributed by atoms with Gasteiger partial charge >= 0.3 is 0 Å². The van der Waals surface area contributed by atoms with Crippen LogP contribution in [0.2, 0.25) is 10.0 Å². The average Bonchev–Trinajstić information content (AvgIpc) is 2.51. The summed E-state index contributed by atoms with van der Waals surface area (Å²) in [6.07, 6.45) is 4.25. The monoisotopic (exact) mass is 336 g/mol. The van der Waals surface area contributed by atoms with E-state index in [1.165, 1.54) is 12.8 Å². The summed E-state index contributed by atoms with van der Waals surface area (Å²) in [5, 5.41) is 4.34. The molecule has 0 aliphatic carbocycles. The molecule has 1 fully saturated rings. The van der Waals surface area contributed by atoms with Gasteiger partial charge in [-0.1, -0.05) is 30.1 Å². The first-order chi connectivity index (χ1) is 10.6. The third kappa shape index (κ3) is 3.62. The van der Waals surface area contributed by atoms with Gasteiger partial charge in [0.1, 0.15) is 5.82 Å². The molecule has 1 aliphatic heterocycles. The van der Waals surface area contributed by atoms with Gasteiger partial charge < -0.3 is 10.2 Å². The molecule has 3 rings (SSSR count). The standard InChI is InChI=1S/C16H18Cl2N4/c1-11-3-2-8-22(10-11)15-6-7-19-16(21-15)20-14-9-12(17)4-5-13(14)18/h4-7,9,11H,2-3,8,10H2,1H3,(H,19,20,21). The highest BCUT2D eigenvalue weighted by atomic mass is 35.5. The van der Waals surface area contributed by atoms with Gasteiger partial charge in [0.15, 0.2) is 0 Å². The average molecular weight is 337 g/mol. The molecule has 0 saturated carbocycles. The van der Waals surface area contributed by atoms with Crippen LogP contribution in [0.1, 0.15) is 19.8 Å². The van der Waals surface area contributed by atoms with Crippen molar-refractivity contribution in [2.24, 2.45) is 5.92 Å². The molecule has 1 aromatic heterocycles. The van der Waals surface area contributed by atoms with Crippen molar-refractivity contribution < 1.29 is 0 Å². The first-order valence-electron chi connectivity index (χ1n) is 7.42. The summed E-state index contributed by atoms with van der Waals surface area (Å²) in [5.74, 6) is 2.17. The number of halogens is 2. The zero-order valence-electron chi connectivity index (χ0n) is 12.4. The van der Waals surface area contributed by atoms with Crippen LogP contribution >= 0.6 is 23.2 Å². The minimum Gasteiger partial charge on any atom is -0.356 e. The van der Waals surface area contributed by atoms with Crippen LogP contribution in [-0.4, -0.2) is 23.1 Å². The highest BCUT2D eigenvalue weighted by molar-refractivity contribution is 6.35. The normalized spacial score (nSPS) is 18.3. The smallest absolute Gasteiger partial charge is 0.229 e. The number of rotatable bonds is 3. The number of hydrogen-bond donors (Lipinski definition) is 1. The van der Waals surface area contributed by atoms with E-state index in [4.69, 9.17) is 23.2 Å². The van der Waals surface area contributed by atoms with Crippen LogP contribution in [0.5, 0.6) is 0 Å². The second-order valence-corrected chi connectivity index (χ2v) is 6.52. The van der Waals surface area contributed by atoms with Crippen LogP contribution in [0.25, 0.3) is 0 Å². The van der Waals surface area contributed by atoms with Gasteiger partial charge in [-0.2, -0.15) is 4.98 Å². The van der Waals surface area contributed by atoms with Crippen molar-refractivity contribution in [3.8, 4) is 0 Å². The zero-order valence-corrected chi connectivity index (χ0v) is 13.9. The molecular weight excluding hydrogens is 319 g/mol. The van der Waals surface area contributed by atoms with Crippen molar-refractivity contribution >= 4 is 40.7 Å². The van der Waals surface area contributed by atoms with Crippen molar-refractivity contribution in [1.29, 1.82) is 0 Å². The Morgan fingerprint density at radius 2 is 2.14 bits per heavy atom. The molecule has 1 unspecified atom stereocenters. The summed E-state index contributed by atoms with van der Waals surface area (Å²) in [4.78, 5) is 11.2. The van der Waals surface area contributed by atoms with Crippen molar-refractivity contribution in [3.63, 3.8) is 0 Å². The second kappa shape index (κ2) is 6.71. The topological polar surface area (TPSA) is 41.1 Å². The Morgan fingerprint density at radius 1 is 1.27 bits per heavy atom. The molecule has 22 heavy (non-hydrogen) atoms. The van der Waals surface area contributed by atoms with Crippen molar-refractivity contribution in [2.45, 2.75) is 19.8 Å². The highest BCUT2D eigenvalue weighted by Gasteiger charge is 2.18. The molecule has 0 bridgehead atoms. The Balaban J connectivity index is 1.80. The van der Waals surface area contributed by atoms with Crippen molar-refractivity contribution in [2.75, 3.05) is 23.3 Å². The largest absolute Gasteiger partial charge is 0.356 e. The second-order valence-electron chi connectivity index (χ2n) is 5.68. The third-order valence-electron chi connectivity index (χ3n) is 3.80. The Hall–Kier alpha value is -1.52. The fraction of sp³-hybridized carbons (Fsp3) is 0.375. The molecule has 1 aromatic carbocycles. The number of piperidine rings is 1. The number of nitrogens with one attached hydrogen (secondary N) is 1. The maximum atomic E-state index is 6.17. The molecule has 0 amide bonds. The maximum Gasteiger partial charge on any atom is 0.229 e. The first-order valence-corrected chi connectivity index (χ1v) is 8.17. The molecule has 116 valence electrons. The highest BCUT2D eigenvalue weighted by Crippen LogP contribution is 2.28. The van der Waals surface area contributed by atoms with Crippen LogP contribution in [0, 0.1) is 5.92 Å². The summed E-state index contributed by atoms with van der Waals surface area (Å²) < 4.78 is 0. The Morgan fingerprint density at radius 3 is 2.95 bits per heavy atom. The number of hydrogen-bond acceptors (Lipinski definition) is 4. The zero-order chi connectivity index (χ0) is 15.5. The molecule has 4 nitrogen and oxygen atoms in total. The van der Waals surface area contributed by atoms with E-state index in [1.807, 2.05) is 6.07 Å². The van der Waals surface area contributed by atoms with E-state index in [0.717, 1.165) is 18.9 Å². The third-order valence-corrected chi connectivity index (χ3v) is 4.36. The molecule has 0 radical (unpaired) electrons. The molecule has 0 spiro atoms. The van der Waals surface area contributed by atoms with Gasteiger partial charge in [0, 0.05) is 24.3 Å². The van der Waals surface area contributed by atoms with Crippen molar-refractivity contribution in [3.05, 3.63) is 40.5 Å². The van der Waals surface area contributed by atoms with Crippen LogP contribution in [0.15, 0.2) is 30.5 Å². The Bertz CT molecular complexity index is 662. The Kier molecular flexibility index (Phi) is 4.69. The van der Waals surface area contributed by atoms with Crippen LogP contribution in [-0.2, 0) is 0 Å². The fourth-order valence-corrected chi connectivity index (χ4v) is 3.03. The van der Waals surface area contributed by atoms with Gasteiger partial charge in [-0.05, 0) is 43.0 Å². The maximum absolute atomic E-state index is 6.17. The molecule has 2 heterocycles. The quantitative estimate of drug-likeness (QED) is 0.876. The van der Waals surface area contributed by atoms with Gasteiger partial charge in [0.25, 0.3) is 0 Å². The van der Waals surface area contributed by atoms with Crippen LogP contribution < -0.4 is 10.2 Å². The lowest BCUT2D eigenvalue weighted by Gasteiger charge is -2.31. The van der Waals surface area contributed by atoms with Gasteiger partial charge in [-0.15, -0.1) is 0 Å². The molecular formula is C16H18Cl2N4. The van der Waals surface area contributed by atoms with Crippen LogP contribution in [0.4, 0.5) is 17.5 Å². The predicted molar refractivity (Wildman–Crippen MR) is 92.4 cm³/mol. The van der Waals surface area contributed by atoms with Gasteiger partial charge in [0.05, 0.1) is 10.7 Å². The van der Waals surface area contributed by atoms with E-state index in [2.05, 4.69) is 27.1 Å². The van der Waals surface area contributed by atoms with Crippen molar-refractivity contribution in [1.82, 2.24) is 9.97 Å². The van der Waals surface area contributed by atoms with E-state index in [0.29, 0.717) is 27.6 Å². The predicted octanol–water partition coefficient (Wildman–Crippen LogP) is 4.76. The van der Waals surface area contributed by atoms with Gasteiger partial charge in [-0.25, -0.2) is 4.98 Å². The van der Waals surface area contributed by atoms with Crippen LogP contribution in [0.3, 0.4) is 0 Å². The van der Waals surface area contributed by atoms with Gasteiger partial charge in [0.2, 0.25) is 5.95 Å². The summed E-state index contributed by atoms with van der Waals surface area (Å²) >= 11 is 12.2. The van der Waals surface area contributed by atoms with E-state index >= 15 is 0 Å². The lowest BCUT2D eigenvalue weighted by molar-refractivity contribution is 0.444. The molecule has 1 N–H and O–H groups in total. The number of aromatic nitrogens is 2. The van der Waals surface area contributed by atoms with E-state index in [1.54, 1.807) is 24.4 Å². The Labute approximate surface area is 140 Å². The number of nitrogens with zero attached hydrogens (tertiary/aromatic N) is 3. The number of benzene rings is 1. The minimum atomic E-state index is 0.528.